The van der Waals surface area contributed by atoms with Crippen LogP contribution in [0.25, 0.3) is 0 Å². The molecule has 0 atom stereocenters. The molecule has 1 saturated carbocycles. The minimum atomic E-state index is 0.333. The molecule has 112 valence electrons. The Bertz CT molecular complexity index is 371. The van der Waals surface area contributed by atoms with Gasteiger partial charge in [0.25, 0.3) is 0 Å². The molecular formula is C17H27NO2. The van der Waals surface area contributed by atoms with Crippen molar-refractivity contribution >= 4 is 0 Å². The zero-order valence-corrected chi connectivity index (χ0v) is 12.5. The number of nitrogens with one attached hydrogen (secondary N) is 1. The number of aliphatic hydroxyl groups is 1. The Balaban J connectivity index is 1.57. The van der Waals surface area contributed by atoms with Crippen LogP contribution in [0.3, 0.4) is 0 Å². The number of aliphatic hydroxyl groups excluding tert-OH is 1. The van der Waals surface area contributed by atoms with E-state index >= 15 is 0 Å². The number of benzene rings is 1. The van der Waals surface area contributed by atoms with E-state index in [1.807, 2.05) is 0 Å². The smallest absolute Gasteiger partial charge is 0.118 e. The van der Waals surface area contributed by atoms with Gasteiger partial charge in [-0.25, -0.2) is 0 Å². The Hall–Kier alpha value is -1.06. The van der Waals surface area contributed by atoms with Crippen LogP contribution in [0.4, 0.5) is 0 Å². The molecule has 2 N–H and O–H groups in total. The number of hydrogen-bond acceptors (Lipinski definition) is 3. The first-order valence-electron chi connectivity index (χ1n) is 7.81. The first-order valence-corrected chi connectivity index (χ1v) is 7.81. The maximum Gasteiger partial charge on any atom is 0.118 e. The van der Waals surface area contributed by atoms with Gasteiger partial charge in [-0.05, 0) is 55.8 Å². The Kier molecular flexibility index (Phi) is 6.34. The van der Waals surface area contributed by atoms with Gasteiger partial charge in [-0.2, -0.15) is 0 Å². The summed E-state index contributed by atoms with van der Waals surface area (Å²) in [6.45, 7) is 1.45. The van der Waals surface area contributed by atoms with Crippen molar-refractivity contribution in [3.63, 3.8) is 0 Å². The highest BCUT2D eigenvalue weighted by molar-refractivity contribution is 5.30. The number of hydrogen-bond donors (Lipinski definition) is 2. The van der Waals surface area contributed by atoms with Gasteiger partial charge < -0.3 is 15.2 Å². The van der Waals surface area contributed by atoms with E-state index in [1.165, 1.54) is 31.2 Å². The lowest BCUT2D eigenvalue weighted by Crippen LogP contribution is -2.40. The molecule has 0 bridgehead atoms. The van der Waals surface area contributed by atoms with Crippen molar-refractivity contribution in [3.8, 4) is 5.75 Å². The molecule has 1 aliphatic rings. The van der Waals surface area contributed by atoms with Gasteiger partial charge >= 0.3 is 0 Å². The van der Waals surface area contributed by atoms with E-state index in [0.717, 1.165) is 25.1 Å². The maximum atomic E-state index is 8.71. The van der Waals surface area contributed by atoms with Crippen LogP contribution in [0, 0.1) is 0 Å². The van der Waals surface area contributed by atoms with Crippen LogP contribution >= 0.6 is 0 Å². The van der Waals surface area contributed by atoms with Crippen LogP contribution in [0.15, 0.2) is 24.3 Å². The van der Waals surface area contributed by atoms with Crippen molar-refractivity contribution in [1.82, 2.24) is 5.32 Å². The molecule has 0 amide bonds. The van der Waals surface area contributed by atoms with Crippen LogP contribution in [0.2, 0.25) is 0 Å². The van der Waals surface area contributed by atoms with Crippen LogP contribution in [0.5, 0.6) is 5.75 Å². The maximum absolute atomic E-state index is 8.71. The first kappa shape index (κ1) is 15.3. The molecule has 0 unspecified atom stereocenters. The van der Waals surface area contributed by atoms with Gasteiger partial charge in [-0.15, -0.1) is 0 Å². The average Bonchev–Trinajstić information content (AvgIpc) is 2.45. The predicted molar refractivity (Wildman–Crippen MR) is 82.3 cm³/mol. The fourth-order valence-electron chi connectivity index (χ4n) is 2.83. The second-order valence-electron chi connectivity index (χ2n) is 5.73. The molecule has 0 spiro atoms. The second-order valence-corrected chi connectivity index (χ2v) is 5.73. The zero-order valence-electron chi connectivity index (χ0n) is 12.5. The van der Waals surface area contributed by atoms with Gasteiger partial charge in [-0.3, -0.25) is 0 Å². The largest absolute Gasteiger partial charge is 0.497 e. The average molecular weight is 277 g/mol. The summed E-state index contributed by atoms with van der Waals surface area (Å²) in [5, 5.41) is 12.3. The van der Waals surface area contributed by atoms with E-state index in [9.17, 15) is 0 Å². The van der Waals surface area contributed by atoms with Crippen molar-refractivity contribution < 1.29 is 9.84 Å². The van der Waals surface area contributed by atoms with Crippen LogP contribution in [-0.2, 0) is 0 Å². The van der Waals surface area contributed by atoms with Crippen LogP contribution in [0.1, 0.15) is 50.0 Å². The lowest BCUT2D eigenvalue weighted by Gasteiger charge is -2.36. The summed E-state index contributed by atoms with van der Waals surface area (Å²) in [5.74, 6) is 1.65. The van der Waals surface area contributed by atoms with Gasteiger partial charge in [-0.1, -0.05) is 25.0 Å². The Labute approximate surface area is 122 Å². The highest BCUT2D eigenvalue weighted by Gasteiger charge is 2.29. The number of unbranched alkanes of at least 4 members (excludes halogenated alkanes) is 3. The molecular weight excluding hydrogens is 250 g/mol. The Morgan fingerprint density at radius 1 is 1.10 bits per heavy atom. The summed E-state index contributed by atoms with van der Waals surface area (Å²) in [6, 6.07) is 9.18. The third-order valence-electron chi connectivity index (χ3n) is 4.24. The molecule has 1 fully saturated rings. The summed E-state index contributed by atoms with van der Waals surface area (Å²) in [6.07, 6.45) is 7.05. The van der Waals surface area contributed by atoms with Crippen LogP contribution < -0.4 is 10.1 Å². The van der Waals surface area contributed by atoms with Gasteiger partial charge in [0.05, 0.1) is 7.11 Å². The molecule has 20 heavy (non-hydrogen) atoms. The molecule has 3 heteroatoms. The van der Waals surface area contributed by atoms with Crippen molar-refractivity contribution in [1.29, 1.82) is 0 Å². The van der Waals surface area contributed by atoms with Crippen molar-refractivity contribution in [2.24, 2.45) is 0 Å². The van der Waals surface area contributed by atoms with Gasteiger partial charge in [0.15, 0.2) is 0 Å². The van der Waals surface area contributed by atoms with Crippen molar-refractivity contribution in [2.45, 2.75) is 50.5 Å². The third kappa shape index (κ3) is 4.50. The lowest BCUT2D eigenvalue weighted by molar-refractivity contribution is 0.277. The van der Waals surface area contributed by atoms with Gasteiger partial charge in [0.2, 0.25) is 0 Å². The summed E-state index contributed by atoms with van der Waals surface area (Å²) >= 11 is 0. The minimum absolute atomic E-state index is 0.333. The van der Waals surface area contributed by atoms with E-state index in [0.29, 0.717) is 18.6 Å². The normalized spacial score (nSPS) is 21.5. The van der Waals surface area contributed by atoms with Gasteiger partial charge in [0.1, 0.15) is 5.75 Å². The summed E-state index contributed by atoms with van der Waals surface area (Å²) in [7, 11) is 1.71. The standard InChI is InChI=1S/C17H27NO2/c1-20-17-8-6-14(7-9-17)15-12-16(13-15)18-10-4-2-3-5-11-19/h6-9,15-16,18-19H,2-5,10-13H2,1H3. The summed E-state index contributed by atoms with van der Waals surface area (Å²) < 4.78 is 5.19. The molecule has 0 radical (unpaired) electrons. The first-order chi connectivity index (χ1) is 9.83. The minimum Gasteiger partial charge on any atom is -0.497 e. The summed E-state index contributed by atoms with van der Waals surface area (Å²) in [5.41, 5.74) is 1.44. The fraction of sp³-hybridized carbons (Fsp3) is 0.647. The number of ether oxygens (including phenoxy) is 1. The van der Waals surface area contributed by atoms with Crippen molar-refractivity contribution in [3.05, 3.63) is 29.8 Å². The molecule has 2 rings (SSSR count). The highest BCUT2D eigenvalue weighted by atomic mass is 16.5. The Morgan fingerprint density at radius 2 is 1.80 bits per heavy atom. The fourth-order valence-corrected chi connectivity index (χ4v) is 2.83. The monoisotopic (exact) mass is 277 g/mol. The predicted octanol–water partition coefficient (Wildman–Crippen LogP) is 3.08. The van der Waals surface area contributed by atoms with E-state index in [-0.39, 0.29) is 0 Å². The molecule has 0 heterocycles. The molecule has 1 aromatic carbocycles. The molecule has 0 saturated heterocycles. The quantitative estimate of drug-likeness (QED) is 0.682. The Morgan fingerprint density at radius 3 is 2.45 bits per heavy atom. The SMILES string of the molecule is COc1ccc(C2CC(NCCCCCCO)C2)cc1. The number of methoxy groups -OCH3 is 1. The summed E-state index contributed by atoms with van der Waals surface area (Å²) in [4.78, 5) is 0. The molecule has 1 aliphatic carbocycles. The van der Waals surface area contributed by atoms with Gasteiger partial charge in [0, 0.05) is 12.6 Å². The molecule has 0 aliphatic heterocycles. The van der Waals surface area contributed by atoms with E-state index in [4.69, 9.17) is 9.84 Å². The molecule has 3 nitrogen and oxygen atoms in total. The van der Waals surface area contributed by atoms with E-state index in [1.54, 1.807) is 7.11 Å². The van der Waals surface area contributed by atoms with E-state index < -0.39 is 0 Å². The topological polar surface area (TPSA) is 41.5 Å². The van der Waals surface area contributed by atoms with E-state index in [2.05, 4.69) is 29.6 Å². The van der Waals surface area contributed by atoms with Crippen LogP contribution in [-0.4, -0.2) is 31.4 Å². The molecule has 1 aromatic rings. The number of rotatable bonds is 9. The zero-order chi connectivity index (χ0) is 14.2. The molecule has 0 aromatic heterocycles. The third-order valence-corrected chi connectivity index (χ3v) is 4.24. The van der Waals surface area contributed by atoms with Crippen molar-refractivity contribution in [2.75, 3.05) is 20.3 Å². The second kappa shape index (κ2) is 8.28. The lowest BCUT2D eigenvalue weighted by atomic mass is 9.76. The highest BCUT2D eigenvalue weighted by Crippen LogP contribution is 2.37.